The molecule has 2 saturated heterocycles. The Morgan fingerprint density at radius 1 is 0.971 bits per heavy atom. The standard InChI is InChI=1S/C12H16BrNO3.C12H14BrNO3/c2*1-7-4-8(5-14-11(7)13)10(15)9-6-16-12(2,3)17-9/h4-5,9-10,15H,6H2,1-3H3;4-5,9H,6H2,1-3H3/t9-,10-;9-/m00/s1. The summed E-state index contributed by atoms with van der Waals surface area (Å²) < 4.78 is 23.5. The second kappa shape index (κ2) is 10.8. The van der Waals surface area contributed by atoms with Crippen molar-refractivity contribution in [2.45, 2.75) is 71.4 Å². The van der Waals surface area contributed by atoms with Crippen molar-refractivity contribution in [3.8, 4) is 0 Å². The third-order valence-electron chi connectivity index (χ3n) is 5.36. The fraction of sp³-hybridized carbons (Fsp3) is 0.542. The molecule has 0 spiro atoms. The van der Waals surface area contributed by atoms with Crippen LogP contribution >= 0.6 is 31.9 Å². The summed E-state index contributed by atoms with van der Waals surface area (Å²) in [6.45, 7) is 11.8. The summed E-state index contributed by atoms with van der Waals surface area (Å²) >= 11 is 6.63. The Kier molecular flexibility index (Phi) is 8.66. The van der Waals surface area contributed by atoms with Crippen molar-refractivity contribution in [3.63, 3.8) is 0 Å². The van der Waals surface area contributed by atoms with E-state index >= 15 is 0 Å². The molecule has 2 aliphatic heterocycles. The molecule has 2 aromatic heterocycles. The maximum absolute atomic E-state index is 12.1. The van der Waals surface area contributed by atoms with E-state index in [1.54, 1.807) is 32.3 Å². The van der Waals surface area contributed by atoms with Gasteiger partial charge < -0.3 is 24.1 Å². The van der Waals surface area contributed by atoms with Gasteiger partial charge in [0.15, 0.2) is 17.4 Å². The van der Waals surface area contributed by atoms with E-state index in [2.05, 4.69) is 41.8 Å². The normalized spacial score (nSPS) is 23.8. The van der Waals surface area contributed by atoms with Crippen LogP contribution in [0.5, 0.6) is 0 Å². The average Bonchev–Trinajstić information content (AvgIpc) is 3.32. The number of carbonyl (C=O) groups is 1. The van der Waals surface area contributed by atoms with E-state index in [1.807, 2.05) is 33.8 Å². The molecule has 8 nitrogen and oxygen atoms in total. The van der Waals surface area contributed by atoms with Gasteiger partial charge in [0.05, 0.1) is 13.2 Å². The van der Waals surface area contributed by atoms with Gasteiger partial charge in [0.1, 0.15) is 27.5 Å². The first kappa shape index (κ1) is 27.3. The predicted octanol–water partition coefficient (Wildman–Crippen LogP) is 4.82. The summed E-state index contributed by atoms with van der Waals surface area (Å²) in [6, 6.07) is 3.70. The highest BCUT2D eigenvalue weighted by Crippen LogP contribution is 2.31. The van der Waals surface area contributed by atoms with E-state index in [-0.39, 0.29) is 11.9 Å². The number of hydrogen-bond donors (Lipinski definition) is 1. The van der Waals surface area contributed by atoms with Gasteiger partial charge in [0.2, 0.25) is 0 Å². The quantitative estimate of drug-likeness (QED) is 0.393. The van der Waals surface area contributed by atoms with Crippen LogP contribution in [-0.2, 0) is 18.9 Å². The van der Waals surface area contributed by atoms with Gasteiger partial charge in [-0.15, -0.1) is 0 Å². The molecule has 2 aromatic rings. The Bertz CT molecular complexity index is 1050. The van der Waals surface area contributed by atoms with Crippen LogP contribution in [0, 0.1) is 13.8 Å². The minimum atomic E-state index is -0.712. The van der Waals surface area contributed by atoms with E-state index in [1.165, 1.54) is 0 Å². The molecule has 0 aromatic carbocycles. The lowest BCUT2D eigenvalue weighted by Gasteiger charge is -2.20. The van der Waals surface area contributed by atoms with Crippen molar-refractivity contribution in [1.82, 2.24) is 9.97 Å². The molecule has 0 bridgehead atoms. The third-order valence-corrected chi connectivity index (χ3v) is 7.02. The largest absolute Gasteiger partial charge is 0.386 e. The lowest BCUT2D eigenvalue weighted by molar-refractivity contribution is -0.151. The third kappa shape index (κ3) is 6.90. The lowest BCUT2D eigenvalue weighted by Crippen LogP contribution is -2.27. The number of aryl methyl sites for hydroxylation is 2. The Balaban J connectivity index is 0.000000191. The number of carbonyl (C=O) groups excluding carboxylic acids is 1. The van der Waals surface area contributed by atoms with Crippen LogP contribution in [0.15, 0.2) is 33.7 Å². The Morgan fingerprint density at radius 2 is 1.53 bits per heavy atom. The molecule has 0 radical (unpaired) electrons. The minimum absolute atomic E-state index is 0.0846. The molecule has 10 heteroatoms. The van der Waals surface area contributed by atoms with Crippen LogP contribution < -0.4 is 0 Å². The van der Waals surface area contributed by atoms with E-state index in [4.69, 9.17) is 18.9 Å². The minimum Gasteiger partial charge on any atom is -0.386 e. The number of rotatable bonds is 4. The number of pyridine rings is 2. The van der Waals surface area contributed by atoms with Crippen molar-refractivity contribution in [1.29, 1.82) is 0 Å². The Morgan fingerprint density at radius 3 is 2.03 bits per heavy atom. The van der Waals surface area contributed by atoms with Crippen LogP contribution in [0.25, 0.3) is 0 Å². The number of aliphatic hydroxyl groups is 1. The molecule has 34 heavy (non-hydrogen) atoms. The zero-order valence-corrected chi connectivity index (χ0v) is 23.3. The van der Waals surface area contributed by atoms with E-state index in [9.17, 15) is 9.90 Å². The topological polar surface area (TPSA) is 100 Å². The fourth-order valence-corrected chi connectivity index (χ4v) is 3.96. The molecule has 186 valence electrons. The van der Waals surface area contributed by atoms with Crippen molar-refractivity contribution in [2.75, 3.05) is 13.2 Å². The maximum Gasteiger partial charge on any atom is 0.195 e. The molecular formula is C24H30Br2N2O6. The molecule has 2 fully saturated rings. The second-order valence-corrected chi connectivity index (χ2v) is 10.7. The number of Topliss-reactive ketones (excluding diaryl/α,β-unsaturated/α-hetero) is 1. The van der Waals surface area contributed by atoms with Crippen LogP contribution in [-0.4, -0.2) is 57.9 Å². The predicted molar refractivity (Wildman–Crippen MR) is 132 cm³/mol. The van der Waals surface area contributed by atoms with Crippen LogP contribution in [0.4, 0.5) is 0 Å². The van der Waals surface area contributed by atoms with Gasteiger partial charge in [0, 0.05) is 23.5 Å². The van der Waals surface area contributed by atoms with Crippen LogP contribution in [0.3, 0.4) is 0 Å². The van der Waals surface area contributed by atoms with E-state index in [0.717, 1.165) is 25.9 Å². The number of halogens is 2. The van der Waals surface area contributed by atoms with Gasteiger partial charge in [0.25, 0.3) is 0 Å². The Labute approximate surface area is 216 Å². The summed E-state index contributed by atoms with van der Waals surface area (Å²) in [7, 11) is 0. The highest BCUT2D eigenvalue weighted by atomic mass is 79.9. The van der Waals surface area contributed by atoms with Gasteiger partial charge in [-0.05, 0) is 96.7 Å². The first-order chi connectivity index (χ1) is 15.8. The van der Waals surface area contributed by atoms with Crippen LogP contribution in [0.2, 0.25) is 0 Å². The molecule has 3 atom stereocenters. The van der Waals surface area contributed by atoms with Crippen molar-refractivity contribution >= 4 is 37.6 Å². The number of ether oxygens (including phenoxy) is 4. The van der Waals surface area contributed by atoms with Gasteiger partial charge >= 0.3 is 0 Å². The molecule has 0 saturated carbocycles. The SMILES string of the molecule is Cc1cc(C(=O)[C@@H]2COC(C)(C)O2)cnc1Br.Cc1cc([C@H](O)[C@@H]2COC(C)(C)O2)cnc1Br. The highest BCUT2D eigenvalue weighted by Gasteiger charge is 2.38. The molecule has 1 N–H and O–H groups in total. The molecule has 2 aliphatic rings. The van der Waals surface area contributed by atoms with Gasteiger partial charge in [-0.25, -0.2) is 9.97 Å². The van der Waals surface area contributed by atoms with Crippen LogP contribution in [0.1, 0.15) is 60.8 Å². The molecule has 4 heterocycles. The van der Waals surface area contributed by atoms with Gasteiger partial charge in [-0.1, -0.05) is 0 Å². The summed E-state index contributed by atoms with van der Waals surface area (Å²) in [4.78, 5) is 20.4. The molecule has 4 rings (SSSR count). The second-order valence-electron chi connectivity index (χ2n) is 9.20. The smallest absolute Gasteiger partial charge is 0.195 e. The number of aromatic nitrogens is 2. The number of nitrogens with zero attached hydrogens (tertiary/aromatic N) is 2. The van der Waals surface area contributed by atoms with Crippen molar-refractivity contribution in [2.24, 2.45) is 0 Å². The monoisotopic (exact) mass is 600 g/mol. The van der Waals surface area contributed by atoms with Crippen molar-refractivity contribution in [3.05, 3.63) is 56.0 Å². The molecule has 0 aliphatic carbocycles. The molecule has 0 unspecified atom stereocenters. The summed E-state index contributed by atoms with van der Waals surface area (Å²) in [5.74, 6) is -1.39. The zero-order valence-electron chi connectivity index (χ0n) is 20.1. The van der Waals surface area contributed by atoms with Crippen molar-refractivity contribution < 1.29 is 28.8 Å². The first-order valence-corrected chi connectivity index (χ1v) is 12.5. The summed E-state index contributed by atoms with van der Waals surface area (Å²) in [5.41, 5.74) is 3.21. The highest BCUT2D eigenvalue weighted by molar-refractivity contribution is 9.10. The number of aliphatic hydroxyl groups excluding tert-OH is 1. The van der Waals surface area contributed by atoms with Gasteiger partial charge in [-0.3, -0.25) is 4.79 Å². The lowest BCUT2D eigenvalue weighted by atomic mass is 10.1. The maximum atomic E-state index is 12.1. The average molecular weight is 602 g/mol. The van der Waals surface area contributed by atoms with Gasteiger partial charge in [-0.2, -0.15) is 0 Å². The number of ketones is 1. The van der Waals surface area contributed by atoms with E-state index in [0.29, 0.717) is 18.8 Å². The summed E-state index contributed by atoms with van der Waals surface area (Å²) in [6.07, 6.45) is 1.61. The molecule has 0 amide bonds. The summed E-state index contributed by atoms with van der Waals surface area (Å²) in [5, 5.41) is 10.2. The van der Waals surface area contributed by atoms with E-state index < -0.39 is 23.8 Å². The number of hydrogen-bond acceptors (Lipinski definition) is 8. The zero-order chi connectivity index (χ0) is 25.3. The fourth-order valence-electron chi connectivity index (χ4n) is 3.52. The molecular weight excluding hydrogens is 572 g/mol. The Hall–Kier alpha value is -1.27. The first-order valence-electron chi connectivity index (χ1n) is 10.9.